The molecule has 0 saturated carbocycles. The third-order valence-electron chi connectivity index (χ3n) is 7.10. The van der Waals surface area contributed by atoms with E-state index in [0.717, 1.165) is 6.42 Å². The van der Waals surface area contributed by atoms with Gasteiger partial charge in [-0.1, -0.05) is 0 Å². The Morgan fingerprint density at radius 3 is 1.25 bits per heavy atom. The topological polar surface area (TPSA) is 13.0 Å². The van der Waals surface area contributed by atoms with Crippen molar-refractivity contribution in [2.24, 2.45) is 0 Å². The standard InChI is InChI=1S/2C13H17N2.C3H6.2ClH.Zr/c2*1-14(2)12-8-9-13(15(3)4)11-7-5-6-10(11)12;1-3-2;;;/h2*5-9H,1-4H3;1H,3H2,2H3;2*1H;/q;;;;;+2/p-2. The molecule has 7 heteroatoms. The molecule has 36 heavy (non-hydrogen) atoms. The monoisotopic (exact) mass is 604 g/mol. The van der Waals surface area contributed by atoms with Crippen molar-refractivity contribution in [2.75, 3.05) is 76.0 Å². The molecule has 2 aliphatic carbocycles. The van der Waals surface area contributed by atoms with Crippen LogP contribution in [0.1, 0.15) is 42.8 Å². The molecule has 0 aliphatic heterocycles. The van der Waals surface area contributed by atoms with Gasteiger partial charge in [0.1, 0.15) is 0 Å². The van der Waals surface area contributed by atoms with E-state index >= 15 is 0 Å². The van der Waals surface area contributed by atoms with Crippen LogP contribution >= 0.6 is 0 Å². The first-order valence-electron chi connectivity index (χ1n) is 12.3. The molecule has 0 aromatic heterocycles. The van der Waals surface area contributed by atoms with Crippen molar-refractivity contribution in [2.45, 2.75) is 20.6 Å². The van der Waals surface area contributed by atoms with Gasteiger partial charge < -0.3 is 24.8 Å². The van der Waals surface area contributed by atoms with Crippen LogP contribution in [0.4, 0.5) is 22.7 Å². The molecule has 0 N–H and O–H groups in total. The van der Waals surface area contributed by atoms with Crippen LogP contribution in [0.2, 0.25) is 0 Å². The Kier molecular flexibility index (Phi) is 10.5. The number of fused-ring (bicyclic) bond motifs is 2. The molecule has 0 fully saturated rings. The molecule has 2 unspecified atom stereocenters. The molecule has 2 aliphatic rings. The van der Waals surface area contributed by atoms with Crippen LogP contribution in [0, 0.1) is 0 Å². The van der Waals surface area contributed by atoms with Crippen LogP contribution in [0.15, 0.2) is 36.4 Å². The van der Waals surface area contributed by atoms with Gasteiger partial charge in [0.25, 0.3) is 0 Å². The third-order valence-corrected chi connectivity index (χ3v) is 15.2. The van der Waals surface area contributed by atoms with Crippen molar-refractivity contribution in [1.29, 1.82) is 0 Å². The molecule has 2 atom stereocenters. The average molecular weight is 607 g/mol. The summed E-state index contributed by atoms with van der Waals surface area (Å²) in [5.41, 5.74) is 11.3. The van der Waals surface area contributed by atoms with E-state index < -0.39 is 21.3 Å². The van der Waals surface area contributed by atoms with Gasteiger partial charge in [0, 0.05) is 0 Å². The maximum atomic E-state index is 2.75. The Morgan fingerprint density at radius 2 is 0.944 bits per heavy atom. The smallest absolute Gasteiger partial charge is 1.00 e. The van der Waals surface area contributed by atoms with E-state index in [-0.39, 0.29) is 24.8 Å². The maximum absolute atomic E-state index is 2.75. The van der Waals surface area contributed by atoms with Gasteiger partial charge in [0.15, 0.2) is 0 Å². The first-order chi connectivity index (χ1) is 16.2. The van der Waals surface area contributed by atoms with Crippen molar-refractivity contribution in [3.05, 3.63) is 58.7 Å². The zero-order chi connectivity index (χ0) is 24.7. The third kappa shape index (κ3) is 5.35. The Labute approximate surface area is 238 Å². The van der Waals surface area contributed by atoms with Crippen LogP contribution in [0.5, 0.6) is 0 Å². The molecule has 4 rings (SSSR count). The van der Waals surface area contributed by atoms with Crippen LogP contribution in [-0.4, -0.2) is 60.1 Å². The fourth-order valence-electron chi connectivity index (χ4n) is 5.61. The summed E-state index contributed by atoms with van der Waals surface area (Å²) in [6.07, 6.45) is 11.1. The number of hydrogen-bond donors (Lipinski definition) is 0. The molecule has 194 valence electrons. The molecular weight excluding hydrogens is 566 g/mol. The number of nitrogens with zero attached hydrogens (tertiary/aromatic N) is 4. The van der Waals surface area contributed by atoms with Gasteiger partial charge in [0.05, 0.1) is 0 Å². The van der Waals surface area contributed by atoms with Gasteiger partial charge in [-0.2, -0.15) is 0 Å². The van der Waals surface area contributed by atoms with E-state index in [0.29, 0.717) is 7.25 Å². The van der Waals surface area contributed by atoms with Crippen molar-refractivity contribution in [3.8, 4) is 0 Å². The van der Waals surface area contributed by atoms with E-state index in [1.165, 1.54) is 33.9 Å². The predicted molar refractivity (Wildman–Crippen MR) is 150 cm³/mol. The minimum Gasteiger partial charge on any atom is -1.00 e. The first kappa shape index (κ1) is 30.7. The molecule has 4 nitrogen and oxygen atoms in total. The Bertz CT molecular complexity index is 1090. The average Bonchev–Trinajstić information content (AvgIpc) is 3.41. The number of allylic oxidation sites excluding steroid dienone is 2. The Balaban J connectivity index is 0.00000228. The van der Waals surface area contributed by atoms with Crippen LogP contribution in [-0.2, 0) is 21.3 Å². The molecule has 0 amide bonds. The number of halogens is 2. The Hall–Kier alpha value is -1.55. The second kappa shape index (κ2) is 12.3. The fourth-order valence-corrected chi connectivity index (χ4v) is 13.7. The molecule has 0 radical (unpaired) electrons. The van der Waals surface area contributed by atoms with Crippen LogP contribution < -0.4 is 44.4 Å². The molecule has 0 saturated heterocycles. The molecule has 0 bridgehead atoms. The molecule has 2 aromatic rings. The van der Waals surface area contributed by atoms with Gasteiger partial charge in [0.2, 0.25) is 0 Å². The van der Waals surface area contributed by atoms with Crippen molar-refractivity contribution in [3.63, 3.8) is 0 Å². The summed E-state index contributed by atoms with van der Waals surface area (Å²) in [6, 6.07) is 9.22. The summed E-state index contributed by atoms with van der Waals surface area (Å²) in [4.78, 5) is 9.13. The van der Waals surface area contributed by atoms with E-state index in [1.54, 1.807) is 11.1 Å². The van der Waals surface area contributed by atoms with Gasteiger partial charge in [-0.25, -0.2) is 0 Å². The molecule has 0 heterocycles. The minimum atomic E-state index is -2.20. The molecular formula is C29H40Cl2N4Zr. The summed E-state index contributed by atoms with van der Waals surface area (Å²) in [5.74, 6) is 0. The van der Waals surface area contributed by atoms with Crippen molar-refractivity contribution in [1.82, 2.24) is 0 Å². The maximum Gasteiger partial charge on any atom is -1.00 e. The summed E-state index contributed by atoms with van der Waals surface area (Å²) >= 11 is -2.20. The van der Waals surface area contributed by atoms with Gasteiger partial charge >= 0.3 is 215 Å². The quantitative estimate of drug-likeness (QED) is 0.427. The fraction of sp³-hybridized carbons (Fsp3) is 0.414. The zero-order valence-corrected chi connectivity index (χ0v) is 27.1. The zero-order valence-electron chi connectivity index (χ0n) is 23.1. The van der Waals surface area contributed by atoms with Gasteiger partial charge in [-0.15, -0.1) is 0 Å². The van der Waals surface area contributed by atoms with E-state index in [1.807, 2.05) is 0 Å². The summed E-state index contributed by atoms with van der Waals surface area (Å²) in [5, 5.41) is 0. The first-order valence-corrected chi connectivity index (χ1v) is 16.5. The second-order valence-electron chi connectivity index (χ2n) is 10.2. The van der Waals surface area contributed by atoms with Gasteiger partial charge in [-0.05, 0) is 0 Å². The normalized spacial score (nSPS) is 16.2. The number of benzene rings is 2. The van der Waals surface area contributed by atoms with Crippen LogP contribution in [0.3, 0.4) is 0 Å². The number of hydrogen-bond acceptors (Lipinski definition) is 4. The van der Waals surface area contributed by atoms with Crippen molar-refractivity contribution < 1.29 is 46.1 Å². The SMILES string of the molecule is CC[CH]=[Zr+2]([CH]1C=Cc2c(N(C)C)ccc(N(C)C)c21)[CH]1C=Cc2c(N(C)C)ccc(N(C)C)c21.[Cl-].[Cl-]. The summed E-state index contributed by atoms with van der Waals surface area (Å²) in [7, 11) is 17.4. The van der Waals surface area contributed by atoms with E-state index in [4.69, 9.17) is 0 Å². The van der Waals surface area contributed by atoms with Crippen molar-refractivity contribution >= 4 is 38.6 Å². The predicted octanol–water partition coefficient (Wildman–Crippen LogP) is -0.375. The Morgan fingerprint density at radius 1 is 0.611 bits per heavy atom. The summed E-state index contributed by atoms with van der Waals surface area (Å²) < 4.78 is 3.82. The summed E-state index contributed by atoms with van der Waals surface area (Å²) in [6.45, 7) is 2.33. The number of rotatable bonds is 7. The number of anilines is 4. The largest absolute Gasteiger partial charge is 1.00 e. The van der Waals surface area contributed by atoms with Crippen LogP contribution in [0.25, 0.3) is 12.2 Å². The minimum absolute atomic E-state index is 0. The van der Waals surface area contributed by atoms with E-state index in [2.05, 4.69) is 135 Å². The van der Waals surface area contributed by atoms with Gasteiger partial charge in [-0.3, -0.25) is 0 Å². The second-order valence-corrected chi connectivity index (χ2v) is 16.7. The van der Waals surface area contributed by atoms with E-state index in [9.17, 15) is 0 Å². The molecule has 2 aromatic carbocycles. The molecule has 0 spiro atoms.